The van der Waals surface area contributed by atoms with E-state index in [1.165, 1.54) is 5.56 Å². The van der Waals surface area contributed by atoms with Gasteiger partial charge >= 0.3 is 6.09 Å². The second kappa shape index (κ2) is 13.6. The van der Waals surface area contributed by atoms with Crippen molar-refractivity contribution >= 4 is 29.7 Å². The number of carbonyl (C=O) groups excluding carboxylic acids is 2. The van der Waals surface area contributed by atoms with E-state index >= 15 is 0 Å². The summed E-state index contributed by atoms with van der Waals surface area (Å²) in [6.45, 7) is 13.7. The van der Waals surface area contributed by atoms with Crippen LogP contribution in [-0.2, 0) is 21.5 Å². The van der Waals surface area contributed by atoms with Crippen molar-refractivity contribution in [2.75, 3.05) is 19.6 Å². The van der Waals surface area contributed by atoms with Crippen molar-refractivity contribution in [3.63, 3.8) is 0 Å². The fraction of sp³-hybridized carbons (Fsp3) is 0.342. The second-order valence-corrected chi connectivity index (χ2v) is 14.2. The van der Waals surface area contributed by atoms with Gasteiger partial charge in [-0.15, -0.1) is 0 Å². The lowest BCUT2D eigenvalue weighted by Crippen LogP contribution is -2.53. The number of halogens is 1. The van der Waals surface area contributed by atoms with Gasteiger partial charge in [0.15, 0.2) is 0 Å². The van der Waals surface area contributed by atoms with E-state index in [0.29, 0.717) is 31.2 Å². The van der Waals surface area contributed by atoms with Crippen molar-refractivity contribution in [2.45, 2.75) is 65.1 Å². The number of piperazine rings is 1. The highest BCUT2D eigenvalue weighted by Gasteiger charge is 2.35. The summed E-state index contributed by atoms with van der Waals surface area (Å²) in [4.78, 5) is 30.5. The molecule has 0 aliphatic carbocycles. The monoisotopic (exact) mass is 638 g/mol. The van der Waals surface area contributed by atoms with Crippen LogP contribution in [0.15, 0.2) is 91.1 Å². The van der Waals surface area contributed by atoms with Crippen LogP contribution in [0.25, 0.3) is 17.3 Å². The molecule has 5 rings (SSSR count). The highest BCUT2D eigenvalue weighted by molar-refractivity contribution is 6.31. The summed E-state index contributed by atoms with van der Waals surface area (Å²) in [5, 5.41) is 5.56. The lowest BCUT2D eigenvalue weighted by atomic mass is 9.86. The summed E-state index contributed by atoms with van der Waals surface area (Å²) < 4.78 is 7.54. The molecule has 1 aliphatic heterocycles. The van der Waals surface area contributed by atoms with E-state index in [9.17, 15) is 9.59 Å². The maximum absolute atomic E-state index is 13.9. The minimum Gasteiger partial charge on any atom is -0.444 e. The molecule has 46 heavy (non-hydrogen) atoms. The average Bonchev–Trinajstić information content (AvgIpc) is 3.42. The molecule has 0 radical (unpaired) electrons. The highest BCUT2D eigenvalue weighted by Crippen LogP contribution is 2.31. The first kappa shape index (κ1) is 33.0. The van der Waals surface area contributed by atoms with Crippen LogP contribution in [0.2, 0.25) is 5.02 Å². The first-order chi connectivity index (χ1) is 21.8. The zero-order chi connectivity index (χ0) is 33.1. The molecule has 8 heteroatoms. The van der Waals surface area contributed by atoms with E-state index in [2.05, 4.69) is 45.0 Å². The smallest absolute Gasteiger partial charge is 0.410 e. The molecular weight excluding hydrogens is 596 g/mol. The summed E-state index contributed by atoms with van der Waals surface area (Å²) >= 11 is 6.44. The number of carbonyl (C=O) groups is 2. The zero-order valence-electron chi connectivity index (χ0n) is 27.5. The number of amides is 2. The van der Waals surface area contributed by atoms with Crippen LogP contribution < -0.4 is 0 Å². The van der Waals surface area contributed by atoms with Crippen LogP contribution in [0.4, 0.5) is 4.79 Å². The first-order valence-electron chi connectivity index (χ1n) is 15.7. The summed E-state index contributed by atoms with van der Waals surface area (Å²) in [5.74, 6) is -0.133. The molecule has 0 N–H and O–H groups in total. The van der Waals surface area contributed by atoms with Crippen molar-refractivity contribution in [3.05, 3.63) is 118 Å². The van der Waals surface area contributed by atoms with Gasteiger partial charge in [-0.05, 0) is 55.0 Å². The third-order valence-electron chi connectivity index (χ3n) is 8.01. The number of hydrogen-bond acceptors (Lipinski definition) is 4. The van der Waals surface area contributed by atoms with E-state index < -0.39 is 5.60 Å². The molecule has 1 atom stereocenters. The third-order valence-corrected chi connectivity index (χ3v) is 8.38. The number of nitrogens with zero attached hydrogens (tertiary/aromatic N) is 4. The molecule has 1 aliphatic rings. The standard InChI is InChI=1S/C38H43ClN4O3/c1-37(2,3)31-19-16-27(17-20-31)33-26-41(36(45)46-38(4,5)6)22-23-43(33)34(44)21-18-30-25-42(24-29-14-10-11-15-32(29)39)40-35(30)28-12-8-7-9-13-28/h7-21,25,33H,22-24,26H2,1-6H3/b21-18+. The molecule has 4 aromatic rings. The van der Waals surface area contributed by atoms with Gasteiger partial charge < -0.3 is 14.5 Å². The van der Waals surface area contributed by atoms with Gasteiger partial charge in [-0.25, -0.2) is 4.79 Å². The van der Waals surface area contributed by atoms with Crippen LogP contribution in [-0.4, -0.2) is 56.8 Å². The van der Waals surface area contributed by atoms with E-state index in [0.717, 1.165) is 27.9 Å². The highest BCUT2D eigenvalue weighted by atomic mass is 35.5. The molecule has 240 valence electrons. The normalized spacial score (nSPS) is 15.8. The molecule has 2 heterocycles. The molecule has 3 aromatic carbocycles. The predicted octanol–water partition coefficient (Wildman–Crippen LogP) is 8.38. The van der Waals surface area contributed by atoms with Gasteiger partial charge in [-0.1, -0.05) is 105 Å². The van der Waals surface area contributed by atoms with Crippen LogP contribution in [0, 0.1) is 0 Å². The maximum Gasteiger partial charge on any atom is 0.410 e. The zero-order valence-corrected chi connectivity index (χ0v) is 28.3. The summed E-state index contributed by atoms with van der Waals surface area (Å²) in [5.41, 5.74) is 5.08. The Balaban J connectivity index is 1.44. The lowest BCUT2D eigenvalue weighted by molar-refractivity contribution is -0.131. The topological polar surface area (TPSA) is 67.7 Å². The fourth-order valence-corrected chi connectivity index (χ4v) is 5.74. The van der Waals surface area contributed by atoms with E-state index in [4.69, 9.17) is 21.4 Å². The van der Waals surface area contributed by atoms with Crippen molar-refractivity contribution in [1.82, 2.24) is 19.6 Å². The van der Waals surface area contributed by atoms with Gasteiger partial charge in [-0.2, -0.15) is 5.10 Å². The van der Waals surface area contributed by atoms with E-state index in [1.54, 1.807) is 11.0 Å². The van der Waals surface area contributed by atoms with Gasteiger partial charge in [0, 0.05) is 48.1 Å². The minimum absolute atomic E-state index is 0.00135. The summed E-state index contributed by atoms with van der Waals surface area (Å²) in [7, 11) is 0. The van der Waals surface area contributed by atoms with Gasteiger partial charge in [0.1, 0.15) is 5.60 Å². The molecule has 2 amide bonds. The van der Waals surface area contributed by atoms with Gasteiger partial charge in [0.25, 0.3) is 0 Å². The molecule has 0 bridgehead atoms. The Kier molecular flexibility index (Phi) is 9.73. The first-order valence-corrected chi connectivity index (χ1v) is 16.1. The van der Waals surface area contributed by atoms with Crippen LogP contribution in [0.5, 0.6) is 0 Å². The summed E-state index contributed by atoms with van der Waals surface area (Å²) in [6, 6.07) is 25.7. The number of aromatic nitrogens is 2. The Labute approximate surface area is 277 Å². The largest absolute Gasteiger partial charge is 0.444 e. The van der Waals surface area contributed by atoms with Crippen LogP contribution in [0.3, 0.4) is 0 Å². The number of rotatable bonds is 6. The Hall–Kier alpha value is -4.36. The average molecular weight is 639 g/mol. The number of ether oxygens (including phenoxy) is 1. The SMILES string of the molecule is CC(C)(C)OC(=O)N1CCN(C(=O)/C=C/c2cn(Cc3ccccc3Cl)nc2-c2ccccc2)C(c2ccc(C(C)(C)C)cc2)C1. The Morgan fingerprint density at radius 1 is 0.913 bits per heavy atom. The second-order valence-electron chi connectivity index (χ2n) is 13.8. The number of benzene rings is 3. The fourth-order valence-electron chi connectivity index (χ4n) is 5.55. The van der Waals surface area contributed by atoms with Crippen LogP contribution >= 0.6 is 11.6 Å². The van der Waals surface area contributed by atoms with Crippen LogP contribution in [0.1, 0.15) is 69.8 Å². The van der Waals surface area contributed by atoms with Crippen molar-refractivity contribution in [3.8, 4) is 11.3 Å². The van der Waals surface area contributed by atoms with Crippen molar-refractivity contribution in [2.24, 2.45) is 0 Å². The number of hydrogen-bond donors (Lipinski definition) is 0. The minimum atomic E-state index is -0.608. The molecule has 1 saturated heterocycles. The molecule has 0 saturated carbocycles. The van der Waals surface area contributed by atoms with Gasteiger partial charge in [0.05, 0.1) is 18.3 Å². The predicted molar refractivity (Wildman–Crippen MR) is 185 cm³/mol. The molecular formula is C38H43ClN4O3. The Bertz CT molecular complexity index is 1700. The summed E-state index contributed by atoms with van der Waals surface area (Å²) in [6.07, 6.45) is 5.02. The van der Waals surface area contributed by atoms with Gasteiger partial charge in [-0.3, -0.25) is 9.48 Å². The molecule has 1 unspecified atom stereocenters. The van der Waals surface area contributed by atoms with Crippen molar-refractivity contribution in [1.29, 1.82) is 0 Å². The van der Waals surface area contributed by atoms with Gasteiger partial charge in [0.2, 0.25) is 5.91 Å². The Morgan fingerprint density at radius 3 is 2.24 bits per heavy atom. The van der Waals surface area contributed by atoms with Crippen molar-refractivity contribution < 1.29 is 14.3 Å². The lowest BCUT2D eigenvalue weighted by Gasteiger charge is -2.41. The molecule has 1 fully saturated rings. The quantitative estimate of drug-likeness (QED) is 0.199. The van der Waals surface area contributed by atoms with E-state index in [-0.39, 0.29) is 23.5 Å². The molecule has 7 nitrogen and oxygen atoms in total. The Morgan fingerprint density at radius 2 is 1.59 bits per heavy atom. The molecule has 0 spiro atoms. The maximum atomic E-state index is 13.9. The molecule has 1 aromatic heterocycles. The third kappa shape index (κ3) is 8.07. The van der Waals surface area contributed by atoms with E-state index in [1.807, 2.05) is 97.2 Å².